The number of aryl methyl sites for hydroxylation is 2. The molecule has 178 valence electrons. The Morgan fingerprint density at radius 2 is 1.85 bits per heavy atom. The summed E-state index contributed by atoms with van der Waals surface area (Å²) in [7, 11) is 0. The summed E-state index contributed by atoms with van der Waals surface area (Å²) in [6, 6.07) is 1.93. The SMILES string of the molecule is Cc1cn2nc(-c3nc4cn(C5CCN(C(=O)OC(C)(C)C)CC5)nc4c(=O)[nH]3)cc(C)c2n1. The number of amides is 1. The molecule has 34 heavy (non-hydrogen) atoms. The van der Waals surface area contributed by atoms with Gasteiger partial charge in [-0.25, -0.2) is 19.3 Å². The number of ether oxygens (including phenoxy) is 1. The van der Waals surface area contributed by atoms with Crippen LogP contribution < -0.4 is 5.56 Å². The molecule has 1 N–H and O–H groups in total. The molecule has 1 saturated heterocycles. The van der Waals surface area contributed by atoms with E-state index < -0.39 is 5.60 Å². The monoisotopic (exact) mass is 464 g/mol. The molecule has 0 unspecified atom stereocenters. The van der Waals surface area contributed by atoms with Crippen LogP contribution >= 0.6 is 0 Å². The average molecular weight is 465 g/mol. The van der Waals surface area contributed by atoms with Gasteiger partial charge in [0.2, 0.25) is 0 Å². The van der Waals surface area contributed by atoms with Crippen LogP contribution in [0.2, 0.25) is 0 Å². The van der Waals surface area contributed by atoms with Crippen molar-refractivity contribution >= 4 is 22.8 Å². The second-order valence-electron chi connectivity index (χ2n) is 9.82. The van der Waals surface area contributed by atoms with Crippen molar-refractivity contribution in [3.8, 4) is 11.5 Å². The minimum atomic E-state index is -0.521. The summed E-state index contributed by atoms with van der Waals surface area (Å²) in [6.07, 6.45) is 4.77. The van der Waals surface area contributed by atoms with Gasteiger partial charge < -0.3 is 14.6 Å². The lowest BCUT2D eigenvalue weighted by Gasteiger charge is -2.33. The maximum absolute atomic E-state index is 12.8. The molecule has 0 radical (unpaired) electrons. The molecule has 11 nitrogen and oxygen atoms in total. The van der Waals surface area contributed by atoms with Crippen molar-refractivity contribution in [3.63, 3.8) is 0 Å². The molecule has 11 heteroatoms. The normalized spacial score (nSPS) is 15.4. The fourth-order valence-electron chi connectivity index (χ4n) is 4.25. The Hall–Kier alpha value is -3.76. The van der Waals surface area contributed by atoms with Gasteiger partial charge in [-0.2, -0.15) is 10.2 Å². The second-order valence-corrected chi connectivity index (χ2v) is 9.82. The first-order valence-corrected chi connectivity index (χ1v) is 11.4. The molecular weight excluding hydrogens is 436 g/mol. The molecule has 0 saturated carbocycles. The van der Waals surface area contributed by atoms with Gasteiger partial charge in [0.25, 0.3) is 5.56 Å². The first kappa shape index (κ1) is 22.1. The molecule has 0 aromatic carbocycles. The van der Waals surface area contributed by atoms with Crippen molar-refractivity contribution < 1.29 is 9.53 Å². The molecule has 0 aliphatic carbocycles. The topological polar surface area (TPSA) is 123 Å². The summed E-state index contributed by atoms with van der Waals surface area (Å²) < 4.78 is 8.97. The van der Waals surface area contributed by atoms with E-state index in [1.165, 1.54) is 0 Å². The third-order valence-corrected chi connectivity index (χ3v) is 5.85. The third kappa shape index (κ3) is 4.13. The number of fused-ring (bicyclic) bond motifs is 2. The smallest absolute Gasteiger partial charge is 0.410 e. The maximum atomic E-state index is 12.8. The van der Waals surface area contributed by atoms with E-state index in [2.05, 4.69) is 25.1 Å². The minimum Gasteiger partial charge on any atom is -0.444 e. The summed E-state index contributed by atoms with van der Waals surface area (Å²) >= 11 is 0. The fraction of sp³-hybridized carbons (Fsp3) is 0.478. The van der Waals surface area contributed by atoms with E-state index in [0.29, 0.717) is 30.1 Å². The highest BCUT2D eigenvalue weighted by molar-refractivity contribution is 5.74. The zero-order valence-electron chi connectivity index (χ0n) is 20.0. The van der Waals surface area contributed by atoms with E-state index in [-0.39, 0.29) is 23.2 Å². The Labute approximate surface area is 195 Å². The average Bonchev–Trinajstić information content (AvgIpc) is 3.36. The van der Waals surface area contributed by atoms with E-state index in [1.54, 1.807) is 20.3 Å². The van der Waals surface area contributed by atoms with Crippen LogP contribution in [0.25, 0.3) is 28.2 Å². The van der Waals surface area contributed by atoms with Gasteiger partial charge in [0.1, 0.15) is 16.8 Å². The lowest BCUT2D eigenvalue weighted by Crippen LogP contribution is -2.42. The summed E-state index contributed by atoms with van der Waals surface area (Å²) in [5.74, 6) is 0.383. The number of carbonyl (C=O) groups is 1. The summed E-state index contributed by atoms with van der Waals surface area (Å²) in [5, 5.41) is 9.08. The van der Waals surface area contributed by atoms with Crippen molar-refractivity contribution in [1.29, 1.82) is 0 Å². The van der Waals surface area contributed by atoms with Crippen molar-refractivity contribution in [2.45, 2.75) is 59.1 Å². The number of aromatic amines is 1. The predicted molar refractivity (Wildman–Crippen MR) is 126 cm³/mol. The minimum absolute atomic E-state index is 0.0707. The Morgan fingerprint density at radius 1 is 1.12 bits per heavy atom. The van der Waals surface area contributed by atoms with Crippen LogP contribution in [0.5, 0.6) is 0 Å². The third-order valence-electron chi connectivity index (χ3n) is 5.85. The summed E-state index contributed by atoms with van der Waals surface area (Å²) in [6.45, 7) is 10.6. The Balaban J connectivity index is 1.39. The Morgan fingerprint density at radius 3 is 2.56 bits per heavy atom. The van der Waals surface area contributed by atoms with Crippen LogP contribution in [-0.2, 0) is 4.74 Å². The van der Waals surface area contributed by atoms with E-state index in [0.717, 1.165) is 29.7 Å². The molecule has 5 heterocycles. The number of imidazole rings is 1. The second kappa shape index (κ2) is 7.93. The van der Waals surface area contributed by atoms with Crippen LogP contribution in [0.3, 0.4) is 0 Å². The largest absolute Gasteiger partial charge is 0.444 e. The molecule has 4 aromatic rings. The molecule has 1 fully saturated rings. The standard InChI is InChI=1S/C23H28N8O3/c1-13-10-16(27-31-11-14(2)24-20(13)31)19-25-17-12-30(28-18(17)21(32)26-19)15-6-8-29(9-7-15)22(33)34-23(3,4)5/h10-12,15H,6-9H2,1-5H3,(H,25,26,32). The van der Waals surface area contributed by atoms with E-state index in [9.17, 15) is 9.59 Å². The maximum Gasteiger partial charge on any atom is 0.410 e. The number of nitrogens with zero attached hydrogens (tertiary/aromatic N) is 7. The van der Waals surface area contributed by atoms with Gasteiger partial charge >= 0.3 is 6.09 Å². The molecule has 0 atom stereocenters. The van der Waals surface area contributed by atoms with Gasteiger partial charge in [-0.15, -0.1) is 0 Å². The number of piperidine rings is 1. The van der Waals surface area contributed by atoms with Crippen molar-refractivity contribution in [2.24, 2.45) is 0 Å². The highest BCUT2D eigenvalue weighted by Crippen LogP contribution is 2.25. The number of rotatable bonds is 2. The van der Waals surface area contributed by atoms with Crippen LogP contribution in [0.4, 0.5) is 4.79 Å². The van der Waals surface area contributed by atoms with Gasteiger partial charge in [-0.3, -0.25) is 9.48 Å². The van der Waals surface area contributed by atoms with Gasteiger partial charge in [-0.1, -0.05) is 0 Å². The highest BCUT2D eigenvalue weighted by Gasteiger charge is 2.28. The van der Waals surface area contributed by atoms with Crippen molar-refractivity contribution in [2.75, 3.05) is 13.1 Å². The number of nitrogens with one attached hydrogen (secondary N) is 1. The van der Waals surface area contributed by atoms with Gasteiger partial charge in [0.05, 0.1) is 24.1 Å². The Bertz CT molecular complexity index is 1450. The molecular formula is C23H28N8O3. The molecule has 0 bridgehead atoms. The molecule has 1 aliphatic rings. The highest BCUT2D eigenvalue weighted by atomic mass is 16.6. The van der Waals surface area contributed by atoms with Crippen LogP contribution in [0, 0.1) is 13.8 Å². The quantitative estimate of drug-likeness (QED) is 0.484. The van der Waals surface area contributed by atoms with Crippen molar-refractivity contribution in [1.82, 2.24) is 39.2 Å². The number of hydrogen-bond donors (Lipinski definition) is 1. The van der Waals surface area contributed by atoms with E-state index in [1.807, 2.05) is 46.9 Å². The summed E-state index contributed by atoms with van der Waals surface area (Å²) in [5.41, 5.74) is 3.09. The lowest BCUT2D eigenvalue weighted by molar-refractivity contribution is 0.0185. The van der Waals surface area contributed by atoms with Gasteiger partial charge in [-0.05, 0) is 59.1 Å². The molecule has 1 amide bonds. The van der Waals surface area contributed by atoms with Crippen LogP contribution in [-0.4, -0.2) is 64.0 Å². The van der Waals surface area contributed by atoms with Gasteiger partial charge in [0.15, 0.2) is 17.0 Å². The zero-order valence-corrected chi connectivity index (χ0v) is 20.0. The summed E-state index contributed by atoms with van der Waals surface area (Å²) in [4.78, 5) is 38.8. The molecule has 0 spiro atoms. The number of aromatic nitrogens is 7. The van der Waals surface area contributed by atoms with E-state index >= 15 is 0 Å². The first-order chi connectivity index (χ1) is 16.1. The van der Waals surface area contributed by atoms with Crippen molar-refractivity contribution in [3.05, 3.63) is 40.1 Å². The Kier molecular flexibility index (Phi) is 5.14. The lowest BCUT2D eigenvalue weighted by atomic mass is 10.1. The molecule has 5 rings (SSSR count). The zero-order chi connectivity index (χ0) is 24.2. The number of H-pyrrole nitrogens is 1. The van der Waals surface area contributed by atoms with Gasteiger partial charge in [0, 0.05) is 13.1 Å². The predicted octanol–water partition coefficient (Wildman–Crippen LogP) is 3.02. The van der Waals surface area contributed by atoms with E-state index in [4.69, 9.17) is 4.74 Å². The first-order valence-electron chi connectivity index (χ1n) is 11.4. The van der Waals surface area contributed by atoms with Crippen LogP contribution in [0.15, 0.2) is 23.3 Å². The number of hydrogen-bond acceptors (Lipinski definition) is 7. The molecule has 4 aromatic heterocycles. The fourth-order valence-corrected chi connectivity index (χ4v) is 4.25. The molecule has 1 aliphatic heterocycles. The number of carbonyl (C=O) groups excluding carboxylic acids is 1. The number of likely N-dealkylation sites (tertiary alicyclic amines) is 1. The van der Waals surface area contributed by atoms with Crippen LogP contribution in [0.1, 0.15) is 50.9 Å².